The minimum atomic E-state index is -0.705. The Morgan fingerprint density at radius 1 is 1.36 bits per heavy atom. The van der Waals surface area contributed by atoms with Crippen LogP contribution in [0.5, 0.6) is 5.75 Å². The minimum Gasteiger partial charge on any atom is -0.481 e. The number of halogens is 1. The van der Waals surface area contributed by atoms with Crippen LogP contribution in [0.15, 0.2) is 49.2 Å². The number of carbonyl (C=O) groups is 1. The molecule has 0 saturated heterocycles. The number of aryl methyl sites for hydroxylation is 1. The SMILES string of the molecule is Cc1cc(Cl)ccc1OC(C)C(=O)Nc1cccnc1-n1cncn1. The van der Waals surface area contributed by atoms with E-state index in [-0.39, 0.29) is 5.91 Å². The third kappa shape index (κ3) is 3.95. The number of ether oxygens (including phenoxy) is 1. The first-order chi connectivity index (χ1) is 12.0. The first-order valence-electron chi connectivity index (χ1n) is 7.58. The second kappa shape index (κ2) is 7.31. The number of nitrogens with zero attached hydrogens (tertiary/aromatic N) is 4. The van der Waals surface area contributed by atoms with Crippen molar-refractivity contribution in [1.29, 1.82) is 0 Å². The Hall–Kier alpha value is -2.93. The van der Waals surface area contributed by atoms with Gasteiger partial charge in [0, 0.05) is 11.2 Å². The molecule has 25 heavy (non-hydrogen) atoms. The normalized spacial score (nSPS) is 11.8. The number of rotatable bonds is 5. The van der Waals surface area contributed by atoms with Crippen molar-refractivity contribution in [2.75, 3.05) is 5.32 Å². The molecule has 8 heteroatoms. The van der Waals surface area contributed by atoms with E-state index in [9.17, 15) is 4.79 Å². The van der Waals surface area contributed by atoms with E-state index in [1.807, 2.05) is 6.92 Å². The van der Waals surface area contributed by atoms with Crippen LogP contribution in [-0.4, -0.2) is 31.8 Å². The molecule has 3 rings (SSSR count). The summed E-state index contributed by atoms with van der Waals surface area (Å²) >= 11 is 5.93. The number of benzene rings is 1. The number of carbonyl (C=O) groups excluding carboxylic acids is 1. The summed E-state index contributed by atoms with van der Waals surface area (Å²) in [6.07, 6.45) is 3.82. The standard InChI is InChI=1S/C17H16ClN5O2/c1-11-8-13(18)5-6-15(11)25-12(2)17(24)22-14-4-3-7-20-16(14)23-10-19-9-21-23/h3-10,12H,1-2H3,(H,22,24). The van der Waals surface area contributed by atoms with Crippen LogP contribution in [0.25, 0.3) is 5.82 Å². The van der Waals surface area contributed by atoms with Crippen molar-refractivity contribution < 1.29 is 9.53 Å². The van der Waals surface area contributed by atoms with Crippen LogP contribution >= 0.6 is 11.6 Å². The van der Waals surface area contributed by atoms with E-state index in [4.69, 9.17) is 16.3 Å². The van der Waals surface area contributed by atoms with Gasteiger partial charge in [-0.3, -0.25) is 4.79 Å². The summed E-state index contributed by atoms with van der Waals surface area (Å²) in [4.78, 5) is 20.6. The van der Waals surface area contributed by atoms with Gasteiger partial charge in [0.2, 0.25) is 0 Å². The highest BCUT2D eigenvalue weighted by atomic mass is 35.5. The van der Waals surface area contributed by atoms with Gasteiger partial charge in [0.1, 0.15) is 18.4 Å². The van der Waals surface area contributed by atoms with E-state index in [1.54, 1.807) is 43.5 Å². The van der Waals surface area contributed by atoms with Gasteiger partial charge < -0.3 is 10.1 Å². The van der Waals surface area contributed by atoms with Crippen LogP contribution in [0, 0.1) is 6.92 Å². The molecule has 0 aliphatic carbocycles. The molecule has 1 aromatic carbocycles. The number of anilines is 1. The van der Waals surface area contributed by atoms with E-state index < -0.39 is 6.10 Å². The Kier molecular flexibility index (Phi) is 4.95. The van der Waals surface area contributed by atoms with Crippen LogP contribution in [0.2, 0.25) is 5.02 Å². The number of aromatic nitrogens is 4. The zero-order valence-corrected chi connectivity index (χ0v) is 14.4. The zero-order chi connectivity index (χ0) is 17.8. The second-order valence-electron chi connectivity index (χ2n) is 5.37. The van der Waals surface area contributed by atoms with Crippen LogP contribution in [0.3, 0.4) is 0 Å². The summed E-state index contributed by atoms with van der Waals surface area (Å²) in [5, 5.41) is 7.46. The molecule has 1 N–H and O–H groups in total. The summed E-state index contributed by atoms with van der Waals surface area (Å²) in [5.41, 5.74) is 1.37. The van der Waals surface area contributed by atoms with Gasteiger partial charge in [0.05, 0.1) is 5.69 Å². The molecule has 2 heterocycles. The Labute approximate surface area is 149 Å². The Bertz CT molecular complexity index is 883. The molecule has 0 spiro atoms. The first-order valence-corrected chi connectivity index (χ1v) is 7.96. The molecule has 0 aliphatic heterocycles. The number of amides is 1. The van der Waals surface area contributed by atoms with Crippen molar-refractivity contribution in [3.8, 4) is 11.6 Å². The molecule has 0 bridgehead atoms. The summed E-state index contributed by atoms with van der Waals surface area (Å²) in [6.45, 7) is 3.55. The lowest BCUT2D eigenvalue weighted by atomic mass is 10.2. The van der Waals surface area contributed by atoms with Crippen molar-refractivity contribution in [2.24, 2.45) is 0 Å². The van der Waals surface area contributed by atoms with E-state index in [2.05, 4.69) is 20.4 Å². The van der Waals surface area contributed by atoms with Gasteiger partial charge in [0.25, 0.3) is 5.91 Å². The van der Waals surface area contributed by atoms with Crippen molar-refractivity contribution in [3.05, 3.63) is 59.8 Å². The average Bonchev–Trinajstić information content (AvgIpc) is 3.12. The predicted octanol–water partition coefficient (Wildman–Crippen LogP) is 3.03. The molecule has 7 nitrogen and oxygen atoms in total. The van der Waals surface area contributed by atoms with Crippen molar-refractivity contribution in [1.82, 2.24) is 19.7 Å². The summed E-state index contributed by atoms with van der Waals surface area (Å²) < 4.78 is 7.22. The summed E-state index contributed by atoms with van der Waals surface area (Å²) in [7, 11) is 0. The summed E-state index contributed by atoms with van der Waals surface area (Å²) in [5.74, 6) is 0.779. The van der Waals surface area contributed by atoms with Gasteiger partial charge in [-0.1, -0.05) is 11.6 Å². The molecule has 128 valence electrons. The topological polar surface area (TPSA) is 81.9 Å². The van der Waals surface area contributed by atoms with Gasteiger partial charge in [-0.05, 0) is 49.7 Å². The highest BCUT2D eigenvalue weighted by Gasteiger charge is 2.18. The Morgan fingerprint density at radius 3 is 2.92 bits per heavy atom. The van der Waals surface area contributed by atoms with Gasteiger partial charge in [0.15, 0.2) is 11.9 Å². The maximum atomic E-state index is 12.5. The van der Waals surface area contributed by atoms with Gasteiger partial charge >= 0.3 is 0 Å². The van der Waals surface area contributed by atoms with Crippen LogP contribution in [-0.2, 0) is 4.79 Å². The smallest absolute Gasteiger partial charge is 0.265 e. The van der Waals surface area contributed by atoms with Crippen LogP contribution < -0.4 is 10.1 Å². The molecule has 2 aromatic heterocycles. The van der Waals surface area contributed by atoms with Crippen molar-refractivity contribution >= 4 is 23.2 Å². The van der Waals surface area contributed by atoms with Gasteiger partial charge in [-0.2, -0.15) is 5.10 Å². The lowest BCUT2D eigenvalue weighted by molar-refractivity contribution is -0.122. The quantitative estimate of drug-likeness (QED) is 0.759. The third-order valence-electron chi connectivity index (χ3n) is 3.49. The predicted molar refractivity (Wildman–Crippen MR) is 94.1 cm³/mol. The summed E-state index contributed by atoms with van der Waals surface area (Å²) in [6, 6.07) is 8.71. The number of pyridine rings is 1. The second-order valence-corrected chi connectivity index (χ2v) is 5.81. The molecule has 0 fully saturated rings. The molecule has 1 atom stereocenters. The Morgan fingerprint density at radius 2 is 2.20 bits per heavy atom. The fourth-order valence-corrected chi connectivity index (χ4v) is 2.44. The fraction of sp³-hybridized carbons (Fsp3) is 0.176. The third-order valence-corrected chi connectivity index (χ3v) is 3.73. The lowest BCUT2D eigenvalue weighted by Gasteiger charge is -2.17. The maximum absolute atomic E-state index is 12.5. The number of hydrogen-bond donors (Lipinski definition) is 1. The number of hydrogen-bond acceptors (Lipinski definition) is 5. The van der Waals surface area contributed by atoms with E-state index in [1.165, 1.54) is 17.3 Å². The number of nitrogens with one attached hydrogen (secondary N) is 1. The van der Waals surface area contributed by atoms with Crippen LogP contribution in [0.1, 0.15) is 12.5 Å². The molecule has 0 radical (unpaired) electrons. The molecular formula is C17H16ClN5O2. The molecular weight excluding hydrogens is 342 g/mol. The van der Waals surface area contributed by atoms with Gasteiger partial charge in [-0.15, -0.1) is 0 Å². The largest absolute Gasteiger partial charge is 0.481 e. The molecule has 0 aliphatic rings. The van der Waals surface area contributed by atoms with E-state index >= 15 is 0 Å². The van der Waals surface area contributed by atoms with E-state index in [0.717, 1.165) is 5.56 Å². The molecule has 0 saturated carbocycles. The molecule has 1 amide bonds. The highest BCUT2D eigenvalue weighted by molar-refractivity contribution is 6.30. The molecule has 3 aromatic rings. The van der Waals surface area contributed by atoms with Crippen molar-refractivity contribution in [3.63, 3.8) is 0 Å². The highest BCUT2D eigenvalue weighted by Crippen LogP contribution is 2.23. The monoisotopic (exact) mass is 357 g/mol. The molecule has 1 unspecified atom stereocenters. The van der Waals surface area contributed by atoms with Gasteiger partial charge in [-0.25, -0.2) is 14.6 Å². The van der Waals surface area contributed by atoms with Crippen LogP contribution in [0.4, 0.5) is 5.69 Å². The lowest BCUT2D eigenvalue weighted by Crippen LogP contribution is -2.30. The fourth-order valence-electron chi connectivity index (χ4n) is 2.22. The van der Waals surface area contributed by atoms with Crippen molar-refractivity contribution in [2.45, 2.75) is 20.0 Å². The average molecular weight is 358 g/mol. The first kappa shape index (κ1) is 16.9. The Balaban J connectivity index is 1.74. The zero-order valence-electron chi connectivity index (χ0n) is 13.7. The minimum absolute atomic E-state index is 0.302. The maximum Gasteiger partial charge on any atom is 0.265 e. The van der Waals surface area contributed by atoms with E-state index in [0.29, 0.717) is 22.3 Å².